The summed E-state index contributed by atoms with van der Waals surface area (Å²) in [6.07, 6.45) is 5.71. The third kappa shape index (κ3) is 8.19. The van der Waals surface area contributed by atoms with Gasteiger partial charge in [-0.25, -0.2) is 0 Å². The Bertz CT molecular complexity index is 191. The Morgan fingerprint density at radius 3 is 2.35 bits per heavy atom. The van der Waals surface area contributed by atoms with Gasteiger partial charge in [-0.05, 0) is 27.2 Å². The summed E-state index contributed by atoms with van der Waals surface area (Å²) < 4.78 is 0. The van der Waals surface area contributed by atoms with Gasteiger partial charge in [-0.1, -0.05) is 26.2 Å². The maximum Gasteiger partial charge on any atom is 0.223 e. The van der Waals surface area contributed by atoms with Crippen LogP contribution in [0.15, 0.2) is 0 Å². The summed E-state index contributed by atoms with van der Waals surface area (Å²) >= 11 is 0. The average Bonchev–Trinajstić information content (AvgIpc) is 2.31. The molecule has 0 fully saturated rings. The lowest BCUT2D eigenvalue weighted by molar-refractivity contribution is -0.130. The van der Waals surface area contributed by atoms with Crippen molar-refractivity contribution in [2.45, 2.75) is 65.8 Å². The van der Waals surface area contributed by atoms with Gasteiger partial charge in [-0.15, -0.1) is 0 Å². The fourth-order valence-electron chi connectivity index (χ4n) is 1.96. The molecule has 0 saturated heterocycles. The molecule has 3 heteroatoms. The SMILES string of the molecule is CCCCCC(C)NCCC(=O)N(CC)CC. The van der Waals surface area contributed by atoms with Crippen molar-refractivity contribution in [3.05, 3.63) is 0 Å². The van der Waals surface area contributed by atoms with Gasteiger partial charge in [0, 0.05) is 32.1 Å². The number of nitrogens with zero attached hydrogens (tertiary/aromatic N) is 1. The summed E-state index contributed by atoms with van der Waals surface area (Å²) in [5.41, 5.74) is 0. The molecule has 0 aromatic carbocycles. The van der Waals surface area contributed by atoms with E-state index in [4.69, 9.17) is 0 Å². The zero-order chi connectivity index (χ0) is 13.1. The fourth-order valence-corrected chi connectivity index (χ4v) is 1.96. The molecule has 0 radical (unpaired) electrons. The lowest BCUT2D eigenvalue weighted by atomic mass is 10.1. The molecular weight excluding hydrogens is 212 g/mol. The minimum Gasteiger partial charge on any atom is -0.343 e. The van der Waals surface area contributed by atoms with Gasteiger partial charge in [0.1, 0.15) is 0 Å². The van der Waals surface area contributed by atoms with Crippen LogP contribution in [-0.2, 0) is 4.79 Å². The number of hydrogen-bond acceptors (Lipinski definition) is 2. The quantitative estimate of drug-likeness (QED) is 0.597. The van der Waals surface area contributed by atoms with E-state index in [1.165, 1.54) is 25.7 Å². The van der Waals surface area contributed by atoms with E-state index in [-0.39, 0.29) is 5.91 Å². The summed E-state index contributed by atoms with van der Waals surface area (Å²) in [7, 11) is 0. The van der Waals surface area contributed by atoms with Crippen LogP contribution in [0.25, 0.3) is 0 Å². The van der Waals surface area contributed by atoms with Crippen molar-refractivity contribution in [2.75, 3.05) is 19.6 Å². The van der Waals surface area contributed by atoms with Crippen LogP contribution in [0.3, 0.4) is 0 Å². The first-order chi connectivity index (χ1) is 8.15. The van der Waals surface area contributed by atoms with Gasteiger partial charge >= 0.3 is 0 Å². The molecule has 0 aromatic rings. The Balaban J connectivity index is 3.58. The first-order valence-corrected chi connectivity index (χ1v) is 7.16. The van der Waals surface area contributed by atoms with Gasteiger partial charge in [0.25, 0.3) is 0 Å². The molecule has 1 unspecified atom stereocenters. The largest absolute Gasteiger partial charge is 0.343 e. The molecule has 0 aliphatic carbocycles. The number of nitrogens with one attached hydrogen (secondary N) is 1. The van der Waals surface area contributed by atoms with Gasteiger partial charge in [-0.3, -0.25) is 4.79 Å². The number of amides is 1. The number of hydrogen-bond donors (Lipinski definition) is 1. The normalized spacial score (nSPS) is 12.5. The van der Waals surface area contributed by atoms with Crippen LogP contribution in [0.5, 0.6) is 0 Å². The lowest BCUT2D eigenvalue weighted by Gasteiger charge is -2.19. The van der Waals surface area contributed by atoms with Crippen molar-refractivity contribution in [3.8, 4) is 0 Å². The van der Waals surface area contributed by atoms with Gasteiger partial charge in [-0.2, -0.15) is 0 Å². The molecule has 0 bridgehead atoms. The molecule has 0 aromatic heterocycles. The Hall–Kier alpha value is -0.570. The standard InChI is InChI=1S/C14H30N2O/c1-5-8-9-10-13(4)15-12-11-14(17)16(6-2)7-3/h13,15H,5-12H2,1-4H3. The van der Waals surface area contributed by atoms with E-state index in [1.54, 1.807) is 0 Å². The van der Waals surface area contributed by atoms with Crippen molar-refractivity contribution in [1.29, 1.82) is 0 Å². The van der Waals surface area contributed by atoms with Crippen LogP contribution in [0, 0.1) is 0 Å². The van der Waals surface area contributed by atoms with Crippen molar-refractivity contribution < 1.29 is 4.79 Å². The summed E-state index contributed by atoms with van der Waals surface area (Å²) in [5, 5.41) is 3.43. The van der Waals surface area contributed by atoms with E-state index in [0.29, 0.717) is 12.5 Å². The first-order valence-electron chi connectivity index (χ1n) is 7.16. The molecule has 0 heterocycles. The minimum absolute atomic E-state index is 0.267. The van der Waals surface area contributed by atoms with Crippen LogP contribution < -0.4 is 5.32 Å². The van der Waals surface area contributed by atoms with Crippen molar-refractivity contribution in [2.24, 2.45) is 0 Å². The van der Waals surface area contributed by atoms with Gasteiger partial charge < -0.3 is 10.2 Å². The number of rotatable bonds is 10. The Labute approximate surface area is 107 Å². The van der Waals surface area contributed by atoms with Crippen molar-refractivity contribution in [3.63, 3.8) is 0 Å². The smallest absolute Gasteiger partial charge is 0.223 e. The van der Waals surface area contributed by atoms with E-state index in [1.807, 2.05) is 18.7 Å². The van der Waals surface area contributed by atoms with Crippen LogP contribution in [0.4, 0.5) is 0 Å². The molecule has 0 saturated carbocycles. The van der Waals surface area contributed by atoms with Crippen molar-refractivity contribution in [1.82, 2.24) is 10.2 Å². The first kappa shape index (κ1) is 16.4. The molecule has 17 heavy (non-hydrogen) atoms. The highest BCUT2D eigenvalue weighted by atomic mass is 16.2. The molecule has 0 spiro atoms. The number of carbonyl (C=O) groups excluding carboxylic acids is 1. The average molecular weight is 242 g/mol. The summed E-state index contributed by atoms with van der Waals surface area (Å²) in [6.45, 7) is 10.9. The van der Waals surface area contributed by atoms with Gasteiger partial charge in [0.15, 0.2) is 0 Å². The van der Waals surface area contributed by atoms with E-state index < -0.39 is 0 Å². The second kappa shape index (κ2) is 10.6. The molecule has 3 nitrogen and oxygen atoms in total. The van der Waals surface area contributed by atoms with Crippen LogP contribution in [0.2, 0.25) is 0 Å². The van der Waals surface area contributed by atoms with Gasteiger partial charge in [0.05, 0.1) is 0 Å². The highest BCUT2D eigenvalue weighted by Crippen LogP contribution is 2.02. The number of carbonyl (C=O) groups is 1. The zero-order valence-electron chi connectivity index (χ0n) is 12.1. The van der Waals surface area contributed by atoms with E-state index in [9.17, 15) is 4.79 Å². The topological polar surface area (TPSA) is 32.3 Å². The number of unbranched alkanes of at least 4 members (excludes halogenated alkanes) is 2. The third-order valence-electron chi connectivity index (χ3n) is 3.19. The van der Waals surface area contributed by atoms with Crippen LogP contribution in [0.1, 0.15) is 59.8 Å². The predicted octanol–water partition coefficient (Wildman–Crippen LogP) is 2.80. The molecule has 0 rings (SSSR count). The molecule has 0 aliphatic heterocycles. The highest BCUT2D eigenvalue weighted by molar-refractivity contribution is 5.76. The zero-order valence-corrected chi connectivity index (χ0v) is 12.1. The highest BCUT2D eigenvalue weighted by Gasteiger charge is 2.09. The summed E-state index contributed by atoms with van der Waals surface area (Å²) in [4.78, 5) is 13.6. The van der Waals surface area contributed by atoms with Crippen LogP contribution >= 0.6 is 0 Å². The van der Waals surface area contributed by atoms with Crippen molar-refractivity contribution >= 4 is 5.91 Å². The summed E-state index contributed by atoms with van der Waals surface area (Å²) in [6, 6.07) is 0.533. The third-order valence-corrected chi connectivity index (χ3v) is 3.19. The molecular formula is C14H30N2O. The predicted molar refractivity (Wildman–Crippen MR) is 74.2 cm³/mol. The monoisotopic (exact) mass is 242 g/mol. The molecule has 0 aliphatic rings. The maximum absolute atomic E-state index is 11.7. The second-order valence-electron chi connectivity index (χ2n) is 4.67. The Kier molecular flexibility index (Phi) is 10.2. The second-order valence-corrected chi connectivity index (χ2v) is 4.67. The van der Waals surface area contributed by atoms with E-state index in [0.717, 1.165) is 19.6 Å². The molecule has 1 atom stereocenters. The molecule has 1 amide bonds. The Morgan fingerprint density at radius 1 is 1.18 bits per heavy atom. The summed E-state index contributed by atoms with van der Waals surface area (Å²) in [5.74, 6) is 0.267. The fraction of sp³-hybridized carbons (Fsp3) is 0.929. The van der Waals surface area contributed by atoms with E-state index >= 15 is 0 Å². The Morgan fingerprint density at radius 2 is 1.82 bits per heavy atom. The van der Waals surface area contributed by atoms with E-state index in [2.05, 4.69) is 19.2 Å². The van der Waals surface area contributed by atoms with Gasteiger partial charge in [0.2, 0.25) is 5.91 Å². The minimum atomic E-state index is 0.267. The molecule has 1 N–H and O–H groups in total. The lowest BCUT2D eigenvalue weighted by Crippen LogP contribution is -2.35. The molecule has 102 valence electrons. The maximum atomic E-state index is 11.7. The van der Waals surface area contributed by atoms with Crippen LogP contribution in [-0.4, -0.2) is 36.5 Å².